The summed E-state index contributed by atoms with van der Waals surface area (Å²) in [6, 6.07) is 20.4. The highest BCUT2D eigenvalue weighted by molar-refractivity contribution is 6.33. The standard InChI is InChI=1S/C24H21ClN4O4/c1-31-16-12-13-20(32-2)19(14-16)26-24(30)27-21(15-8-4-3-5-9-15)23-29-28-22(33-23)17-10-6-7-11-18(17)25/h3-14,21H,1-2H3,(H2,26,27,30)/t21-/m1/s1. The van der Waals surface area contributed by atoms with Crippen LogP contribution >= 0.6 is 11.6 Å². The first-order valence-electron chi connectivity index (χ1n) is 10.0. The third kappa shape index (κ3) is 5.07. The van der Waals surface area contributed by atoms with E-state index in [1.807, 2.05) is 42.5 Å². The van der Waals surface area contributed by atoms with Crippen LogP contribution in [0.4, 0.5) is 10.5 Å². The molecule has 33 heavy (non-hydrogen) atoms. The number of nitrogens with one attached hydrogen (secondary N) is 2. The zero-order valence-electron chi connectivity index (χ0n) is 17.9. The summed E-state index contributed by atoms with van der Waals surface area (Å²) in [6.07, 6.45) is 0. The number of hydrogen-bond donors (Lipinski definition) is 2. The molecule has 8 nitrogen and oxygen atoms in total. The molecule has 0 saturated carbocycles. The summed E-state index contributed by atoms with van der Waals surface area (Å²) in [7, 11) is 3.07. The van der Waals surface area contributed by atoms with Crippen molar-refractivity contribution < 1.29 is 18.7 Å². The minimum Gasteiger partial charge on any atom is -0.497 e. The number of methoxy groups -OCH3 is 2. The van der Waals surface area contributed by atoms with Crippen molar-refractivity contribution >= 4 is 23.3 Å². The van der Waals surface area contributed by atoms with Gasteiger partial charge in [0.1, 0.15) is 17.5 Å². The molecule has 1 aromatic heterocycles. The quantitative estimate of drug-likeness (QED) is 0.384. The molecule has 0 unspecified atom stereocenters. The topological polar surface area (TPSA) is 98.5 Å². The van der Waals surface area contributed by atoms with E-state index in [4.69, 9.17) is 25.5 Å². The fourth-order valence-corrected chi connectivity index (χ4v) is 3.45. The molecule has 9 heteroatoms. The lowest BCUT2D eigenvalue weighted by atomic mass is 10.1. The first-order chi connectivity index (χ1) is 16.1. The molecule has 0 aliphatic carbocycles. The number of halogens is 1. The van der Waals surface area contributed by atoms with Gasteiger partial charge in [-0.15, -0.1) is 10.2 Å². The molecule has 0 spiro atoms. The average molecular weight is 465 g/mol. The minimum atomic E-state index is -0.702. The van der Waals surface area contributed by atoms with E-state index < -0.39 is 12.1 Å². The number of carbonyl (C=O) groups excluding carboxylic acids is 1. The maximum atomic E-state index is 12.9. The molecule has 3 aromatic carbocycles. The van der Waals surface area contributed by atoms with Crippen LogP contribution in [0.25, 0.3) is 11.5 Å². The zero-order valence-corrected chi connectivity index (χ0v) is 18.7. The molecule has 0 fully saturated rings. The number of hydrogen-bond acceptors (Lipinski definition) is 6. The number of urea groups is 1. The van der Waals surface area contributed by atoms with Crippen LogP contribution in [0.1, 0.15) is 17.5 Å². The van der Waals surface area contributed by atoms with Crippen LogP contribution in [0.3, 0.4) is 0 Å². The maximum Gasteiger partial charge on any atom is 0.320 e. The van der Waals surface area contributed by atoms with Crippen molar-refractivity contribution in [1.29, 1.82) is 0 Å². The first-order valence-corrected chi connectivity index (χ1v) is 10.4. The Hall–Kier alpha value is -4.04. The largest absolute Gasteiger partial charge is 0.497 e. The SMILES string of the molecule is COc1ccc(OC)c(NC(=O)N[C@H](c2ccccc2)c2nnc(-c3ccccc3Cl)o2)c1. The Kier molecular flexibility index (Phi) is 6.75. The van der Waals surface area contributed by atoms with E-state index in [-0.39, 0.29) is 11.8 Å². The van der Waals surface area contributed by atoms with Crippen molar-refractivity contribution in [1.82, 2.24) is 15.5 Å². The summed E-state index contributed by atoms with van der Waals surface area (Å²) >= 11 is 6.26. The van der Waals surface area contributed by atoms with E-state index in [0.717, 1.165) is 5.56 Å². The lowest BCUT2D eigenvalue weighted by molar-refractivity contribution is 0.248. The predicted octanol–water partition coefficient (Wildman–Crippen LogP) is 5.32. The summed E-state index contributed by atoms with van der Waals surface area (Å²) < 4.78 is 16.5. The third-order valence-electron chi connectivity index (χ3n) is 4.86. The molecule has 0 saturated heterocycles. The van der Waals surface area contributed by atoms with Crippen LogP contribution < -0.4 is 20.1 Å². The molecule has 4 aromatic rings. The van der Waals surface area contributed by atoms with Gasteiger partial charge in [0.05, 0.1) is 30.5 Å². The highest BCUT2D eigenvalue weighted by atomic mass is 35.5. The molecule has 2 N–H and O–H groups in total. The van der Waals surface area contributed by atoms with E-state index in [9.17, 15) is 4.79 Å². The first kappa shape index (κ1) is 22.2. The molecule has 4 rings (SSSR count). The number of nitrogens with zero attached hydrogens (tertiary/aromatic N) is 2. The fraction of sp³-hybridized carbons (Fsp3) is 0.125. The van der Waals surface area contributed by atoms with E-state index in [1.54, 1.807) is 37.4 Å². The summed E-state index contributed by atoms with van der Waals surface area (Å²) in [4.78, 5) is 12.9. The molecule has 1 atom stereocenters. The molecule has 168 valence electrons. The summed E-state index contributed by atoms with van der Waals surface area (Å²) in [5.74, 6) is 1.53. The minimum absolute atomic E-state index is 0.212. The predicted molar refractivity (Wildman–Crippen MR) is 125 cm³/mol. The van der Waals surface area contributed by atoms with Crippen molar-refractivity contribution in [2.24, 2.45) is 0 Å². The maximum absolute atomic E-state index is 12.9. The van der Waals surface area contributed by atoms with E-state index in [2.05, 4.69) is 20.8 Å². The Morgan fingerprint density at radius 3 is 2.45 bits per heavy atom. The molecular formula is C24H21ClN4O4. The van der Waals surface area contributed by atoms with Gasteiger partial charge < -0.3 is 24.5 Å². The van der Waals surface area contributed by atoms with E-state index in [1.165, 1.54) is 7.11 Å². The van der Waals surface area contributed by atoms with Crippen LogP contribution in [0, 0.1) is 0 Å². The molecule has 0 bridgehead atoms. The highest BCUT2D eigenvalue weighted by Gasteiger charge is 2.24. The summed E-state index contributed by atoms with van der Waals surface area (Å²) in [5.41, 5.74) is 1.82. The van der Waals surface area contributed by atoms with Crippen molar-refractivity contribution in [3.8, 4) is 23.0 Å². The second-order valence-electron chi connectivity index (χ2n) is 6.93. The number of amides is 2. The van der Waals surface area contributed by atoms with Gasteiger partial charge in [0.15, 0.2) is 0 Å². The van der Waals surface area contributed by atoms with Gasteiger partial charge in [0, 0.05) is 6.07 Å². The molecule has 1 heterocycles. The number of benzene rings is 3. The van der Waals surface area contributed by atoms with Gasteiger partial charge >= 0.3 is 6.03 Å². The van der Waals surface area contributed by atoms with Gasteiger partial charge in [-0.25, -0.2) is 4.79 Å². The molecule has 0 aliphatic rings. The Morgan fingerprint density at radius 1 is 0.970 bits per heavy atom. The number of ether oxygens (including phenoxy) is 2. The molecule has 0 radical (unpaired) electrons. The smallest absolute Gasteiger partial charge is 0.320 e. The van der Waals surface area contributed by atoms with Crippen LogP contribution in [-0.2, 0) is 0 Å². The summed E-state index contributed by atoms with van der Waals surface area (Å²) in [5, 5.41) is 14.5. The van der Waals surface area contributed by atoms with Gasteiger partial charge in [0.25, 0.3) is 0 Å². The normalized spacial score (nSPS) is 11.5. The van der Waals surface area contributed by atoms with Crippen molar-refractivity contribution in [3.05, 3.63) is 89.3 Å². The second kappa shape index (κ2) is 10.1. The van der Waals surface area contributed by atoms with Gasteiger partial charge in [0.2, 0.25) is 11.8 Å². The lowest BCUT2D eigenvalue weighted by Crippen LogP contribution is -2.33. The van der Waals surface area contributed by atoms with Gasteiger partial charge in [-0.2, -0.15) is 0 Å². The molecular weight excluding hydrogens is 444 g/mol. The Bertz CT molecular complexity index is 1250. The third-order valence-corrected chi connectivity index (χ3v) is 5.18. The van der Waals surface area contributed by atoms with Crippen LogP contribution in [0.2, 0.25) is 5.02 Å². The van der Waals surface area contributed by atoms with Crippen molar-refractivity contribution in [3.63, 3.8) is 0 Å². The van der Waals surface area contributed by atoms with Gasteiger partial charge in [-0.3, -0.25) is 0 Å². The van der Waals surface area contributed by atoms with Gasteiger partial charge in [-0.05, 0) is 29.8 Å². The van der Waals surface area contributed by atoms with Crippen molar-refractivity contribution in [2.75, 3.05) is 19.5 Å². The number of anilines is 1. The van der Waals surface area contributed by atoms with Gasteiger partial charge in [-0.1, -0.05) is 54.1 Å². The number of carbonyl (C=O) groups is 1. The lowest BCUT2D eigenvalue weighted by Gasteiger charge is -2.17. The average Bonchev–Trinajstić information content (AvgIpc) is 3.33. The Morgan fingerprint density at radius 2 is 1.73 bits per heavy atom. The van der Waals surface area contributed by atoms with Crippen LogP contribution in [-0.4, -0.2) is 30.4 Å². The van der Waals surface area contributed by atoms with E-state index in [0.29, 0.717) is 27.8 Å². The Labute approximate surface area is 195 Å². The Balaban J connectivity index is 1.62. The molecule has 2 amide bonds. The number of rotatable bonds is 7. The zero-order chi connectivity index (χ0) is 23.2. The second-order valence-corrected chi connectivity index (χ2v) is 7.34. The summed E-state index contributed by atoms with van der Waals surface area (Å²) in [6.45, 7) is 0. The fourth-order valence-electron chi connectivity index (χ4n) is 3.23. The molecule has 0 aliphatic heterocycles. The van der Waals surface area contributed by atoms with Crippen LogP contribution in [0.15, 0.2) is 77.2 Å². The van der Waals surface area contributed by atoms with Crippen molar-refractivity contribution in [2.45, 2.75) is 6.04 Å². The number of aromatic nitrogens is 2. The van der Waals surface area contributed by atoms with Crippen LogP contribution in [0.5, 0.6) is 11.5 Å². The van der Waals surface area contributed by atoms with E-state index >= 15 is 0 Å². The highest BCUT2D eigenvalue weighted by Crippen LogP contribution is 2.31. The monoisotopic (exact) mass is 464 g/mol.